The summed E-state index contributed by atoms with van der Waals surface area (Å²) in [6.07, 6.45) is 4.12. The number of aliphatic hydroxyl groups is 1. The lowest BCUT2D eigenvalue weighted by molar-refractivity contribution is 0.100. The monoisotopic (exact) mass is 235 g/mol. The topological polar surface area (TPSA) is 88.2 Å². The van der Waals surface area contributed by atoms with Gasteiger partial charge < -0.3 is 16.2 Å². The highest BCUT2D eigenvalue weighted by atomic mass is 16.3. The van der Waals surface area contributed by atoms with Gasteiger partial charge in [-0.15, -0.1) is 0 Å². The lowest BCUT2D eigenvalue weighted by Crippen LogP contribution is -2.18. The molecule has 1 heterocycles. The number of amides is 1. The van der Waals surface area contributed by atoms with Crippen LogP contribution in [0.25, 0.3) is 0 Å². The zero-order valence-electron chi connectivity index (χ0n) is 9.60. The summed E-state index contributed by atoms with van der Waals surface area (Å²) >= 11 is 0. The predicted molar refractivity (Wildman–Crippen MR) is 64.6 cm³/mol. The second-order valence-corrected chi connectivity index (χ2v) is 4.48. The van der Waals surface area contributed by atoms with Gasteiger partial charge in [-0.05, 0) is 37.3 Å². The molecule has 2 unspecified atom stereocenters. The number of aromatic nitrogens is 1. The molecule has 0 aromatic carbocycles. The number of rotatable bonds is 4. The van der Waals surface area contributed by atoms with Crippen LogP contribution in [0.4, 0.5) is 5.82 Å². The first-order valence-corrected chi connectivity index (χ1v) is 5.83. The molecule has 4 N–H and O–H groups in total. The Kier molecular flexibility index (Phi) is 3.58. The third-order valence-corrected chi connectivity index (χ3v) is 3.14. The van der Waals surface area contributed by atoms with E-state index in [-0.39, 0.29) is 6.10 Å². The molecular weight excluding hydrogens is 218 g/mol. The van der Waals surface area contributed by atoms with Gasteiger partial charge in [0.2, 0.25) is 0 Å². The summed E-state index contributed by atoms with van der Waals surface area (Å²) in [5.74, 6) is 0.487. The Bertz CT molecular complexity index is 408. The highest BCUT2D eigenvalue weighted by Crippen LogP contribution is 2.25. The lowest BCUT2D eigenvalue weighted by Gasteiger charge is -2.12. The number of nitrogens with one attached hydrogen (secondary N) is 1. The van der Waals surface area contributed by atoms with Gasteiger partial charge in [-0.3, -0.25) is 4.79 Å². The quantitative estimate of drug-likeness (QED) is 0.718. The normalized spacial score (nSPS) is 23.6. The van der Waals surface area contributed by atoms with Gasteiger partial charge in [-0.25, -0.2) is 4.98 Å². The molecule has 1 saturated carbocycles. The Morgan fingerprint density at radius 2 is 2.41 bits per heavy atom. The first-order chi connectivity index (χ1) is 8.16. The summed E-state index contributed by atoms with van der Waals surface area (Å²) in [7, 11) is 0. The van der Waals surface area contributed by atoms with Crippen molar-refractivity contribution in [3.05, 3.63) is 23.9 Å². The highest BCUT2D eigenvalue weighted by Gasteiger charge is 2.22. The molecule has 2 atom stereocenters. The summed E-state index contributed by atoms with van der Waals surface area (Å²) in [5, 5.41) is 12.6. The molecule has 1 aliphatic carbocycles. The number of nitrogens with two attached hydrogens (primary N) is 1. The van der Waals surface area contributed by atoms with Crippen molar-refractivity contribution < 1.29 is 9.90 Å². The maximum absolute atomic E-state index is 11.2. The van der Waals surface area contributed by atoms with E-state index in [2.05, 4.69) is 10.3 Å². The van der Waals surface area contributed by atoms with Crippen molar-refractivity contribution in [2.24, 2.45) is 11.7 Å². The van der Waals surface area contributed by atoms with Gasteiger partial charge in [0.05, 0.1) is 11.7 Å². The molecular formula is C12H17N3O2. The molecule has 92 valence electrons. The van der Waals surface area contributed by atoms with Crippen LogP contribution in [-0.2, 0) is 0 Å². The fourth-order valence-electron chi connectivity index (χ4n) is 2.22. The number of pyridine rings is 1. The number of carbonyl (C=O) groups is 1. The van der Waals surface area contributed by atoms with Gasteiger partial charge in [-0.1, -0.05) is 0 Å². The van der Waals surface area contributed by atoms with E-state index in [4.69, 9.17) is 5.73 Å². The molecule has 1 fully saturated rings. The molecule has 0 bridgehead atoms. The summed E-state index contributed by atoms with van der Waals surface area (Å²) in [5.41, 5.74) is 5.67. The first-order valence-electron chi connectivity index (χ1n) is 5.83. The van der Waals surface area contributed by atoms with Gasteiger partial charge in [-0.2, -0.15) is 0 Å². The summed E-state index contributed by atoms with van der Waals surface area (Å²) in [6.45, 7) is 0.717. The number of nitrogens with zero attached hydrogens (tertiary/aromatic N) is 1. The number of anilines is 1. The largest absolute Gasteiger partial charge is 0.393 e. The van der Waals surface area contributed by atoms with Gasteiger partial charge in [0.1, 0.15) is 5.82 Å². The standard InChI is InChI=1S/C12H17N3O2/c13-11(17)10-2-1-5-14-12(10)15-7-8-3-4-9(16)6-8/h1-2,5,8-9,16H,3-4,6-7H2,(H2,13,17)(H,14,15). The zero-order valence-corrected chi connectivity index (χ0v) is 9.60. The lowest BCUT2D eigenvalue weighted by atomic mass is 10.1. The fraction of sp³-hybridized carbons (Fsp3) is 0.500. The van der Waals surface area contributed by atoms with Gasteiger partial charge in [0, 0.05) is 12.7 Å². The molecule has 17 heavy (non-hydrogen) atoms. The smallest absolute Gasteiger partial charge is 0.252 e. The van der Waals surface area contributed by atoms with Gasteiger partial charge in [0.25, 0.3) is 5.91 Å². The van der Waals surface area contributed by atoms with Crippen molar-refractivity contribution in [2.45, 2.75) is 25.4 Å². The minimum atomic E-state index is -0.480. The van der Waals surface area contributed by atoms with Crippen LogP contribution < -0.4 is 11.1 Å². The van der Waals surface area contributed by atoms with Crippen LogP contribution in [0.15, 0.2) is 18.3 Å². The van der Waals surface area contributed by atoms with Crippen LogP contribution in [-0.4, -0.2) is 28.6 Å². The van der Waals surface area contributed by atoms with Crippen molar-refractivity contribution in [3.8, 4) is 0 Å². The number of hydrogen-bond donors (Lipinski definition) is 3. The zero-order chi connectivity index (χ0) is 12.3. The molecule has 0 saturated heterocycles. The average Bonchev–Trinajstić information content (AvgIpc) is 2.73. The first kappa shape index (κ1) is 11.9. The van der Waals surface area contributed by atoms with Crippen LogP contribution in [0, 0.1) is 5.92 Å². The molecule has 1 aromatic heterocycles. The minimum absolute atomic E-state index is 0.179. The van der Waals surface area contributed by atoms with Crippen LogP contribution in [0.2, 0.25) is 0 Å². The SMILES string of the molecule is NC(=O)c1cccnc1NCC1CCC(O)C1. The summed E-state index contributed by atoms with van der Waals surface area (Å²) in [4.78, 5) is 15.3. The minimum Gasteiger partial charge on any atom is -0.393 e. The van der Waals surface area contributed by atoms with Crippen molar-refractivity contribution in [1.29, 1.82) is 0 Å². The van der Waals surface area contributed by atoms with E-state index in [0.29, 0.717) is 23.8 Å². The molecule has 5 nitrogen and oxygen atoms in total. The predicted octanol–water partition coefficient (Wildman–Crippen LogP) is 0.753. The van der Waals surface area contributed by atoms with Gasteiger partial charge >= 0.3 is 0 Å². The Labute approximate surface area is 100 Å². The summed E-state index contributed by atoms with van der Waals surface area (Å²) in [6, 6.07) is 3.34. The third kappa shape index (κ3) is 2.94. The number of primary amides is 1. The molecule has 1 aromatic rings. The number of carbonyl (C=O) groups excluding carboxylic acids is 1. The maximum Gasteiger partial charge on any atom is 0.252 e. The van der Waals surface area contributed by atoms with E-state index in [1.54, 1.807) is 18.3 Å². The number of hydrogen-bond acceptors (Lipinski definition) is 4. The van der Waals surface area contributed by atoms with Crippen LogP contribution in [0.3, 0.4) is 0 Å². The third-order valence-electron chi connectivity index (χ3n) is 3.14. The van der Waals surface area contributed by atoms with Crippen molar-refractivity contribution in [3.63, 3.8) is 0 Å². The van der Waals surface area contributed by atoms with Gasteiger partial charge in [0.15, 0.2) is 0 Å². The van der Waals surface area contributed by atoms with Crippen LogP contribution in [0.5, 0.6) is 0 Å². The van der Waals surface area contributed by atoms with E-state index in [0.717, 1.165) is 19.3 Å². The Morgan fingerprint density at radius 3 is 3.06 bits per heavy atom. The van der Waals surface area contributed by atoms with E-state index in [9.17, 15) is 9.90 Å². The average molecular weight is 235 g/mol. The van der Waals surface area contributed by atoms with E-state index in [1.807, 2.05) is 0 Å². The Morgan fingerprint density at radius 1 is 1.59 bits per heavy atom. The molecule has 2 rings (SSSR count). The molecule has 1 aliphatic rings. The second kappa shape index (κ2) is 5.14. The fourth-order valence-corrected chi connectivity index (χ4v) is 2.22. The number of aliphatic hydroxyl groups excluding tert-OH is 1. The second-order valence-electron chi connectivity index (χ2n) is 4.48. The molecule has 0 spiro atoms. The van der Waals surface area contributed by atoms with Crippen molar-refractivity contribution in [1.82, 2.24) is 4.98 Å². The Balaban J connectivity index is 1.97. The van der Waals surface area contributed by atoms with E-state index < -0.39 is 5.91 Å². The highest BCUT2D eigenvalue weighted by molar-refractivity contribution is 5.97. The van der Waals surface area contributed by atoms with Crippen molar-refractivity contribution >= 4 is 11.7 Å². The molecule has 0 radical (unpaired) electrons. The molecule has 5 heteroatoms. The van der Waals surface area contributed by atoms with E-state index >= 15 is 0 Å². The van der Waals surface area contributed by atoms with Crippen LogP contribution in [0.1, 0.15) is 29.6 Å². The maximum atomic E-state index is 11.2. The Hall–Kier alpha value is -1.62. The summed E-state index contributed by atoms with van der Waals surface area (Å²) < 4.78 is 0. The molecule has 1 amide bonds. The van der Waals surface area contributed by atoms with E-state index in [1.165, 1.54) is 0 Å². The molecule has 0 aliphatic heterocycles. The van der Waals surface area contributed by atoms with Crippen LogP contribution >= 0.6 is 0 Å². The van der Waals surface area contributed by atoms with Crippen molar-refractivity contribution in [2.75, 3.05) is 11.9 Å².